The van der Waals surface area contributed by atoms with Crippen molar-refractivity contribution in [2.24, 2.45) is 17.8 Å². The predicted octanol–water partition coefficient (Wildman–Crippen LogP) is 3.26. The Morgan fingerprint density at radius 2 is 1.17 bits per heavy atom. The highest BCUT2D eigenvalue weighted by Gasteiger charge is 2.14. The van der Waals surface area contributed by atoms with Crippen LogP contribution in [-0.4, -0.2) is 23.1 Å². The first-order valence-corrected chi connectivity index (χ1v) is 8.31. The number of hydrogen-bond acceptors (Lipinski definition) is 4. The summed E-state index contributed by atoms with van der Waals surface area (Å²) in [6.45, 7) is 11.0. The third-order valence-corrected chi connectivity index (χ3v) is 3.46. The number of aliphatic hydroxyl groups is 1. The predicted molar refractivity (Wildman–Crippen MR) is 97.8 cm³/mol. The molecule has 1 rings (SSSR count). The Kier molecular flexibility index (Phi) is 7.22. The van der Waals surface area contributed by atoms with Gasteiger partial charge >= 0.3 is 0 Å². The molecule has 0 radical (unpaired) electrons. The highest BCUT2D eigenvalue weighted by atomic mass is 16.3. The van der Waals surface area contributed by atoms with Crippen LogP contribution in [-0.2, 0) is 9.59 Å². The third-order valence-electron chi connectivity index (χ3n) is 3.46. The summed E-state index contributed by atoms with van der Waals surface area (Å²) in [6, 6.07) is 5.17. The molecule has 0 aliphatic rings. The van der Waals surface area contributed by atoms with Crippen LogP contribution in [0, 0.1) is 17.8 Å². The molecule has 134 valence electrons. The molecule has 6 heteroatoms. The summed E-state index contributed by atoms with van der Waals surface area (Å²) in [5, 5.41) is 18.6. The van der Waals surface area contributed by atoms with Crippen LogP contribution in [0.15, 0.2) is 18.2 Å². The average Bonchev–Trinajstić information content (AvgIpc) is 2.46. The molecule has 0 saturated heterocycles. The summed E-state index contributed by atoms with van der Waals surface area (Å²) in [6.07, 6.45) is -0.727. The maximum Gasteiger partial charge on any atom is 0.226 e. The molecule has 0 aromatic heterocycles. The van der Waals surface area contributed by atoms with Crippen molar-refractivity contribution >= 4 is 28.9 Å². The van der Waals surface area contributed by atoms with E-state index in [0.29, 0.717) is 17.1 Å². The topological polar surface area (TPSA) is 90.5 Å². The monoisotopic (exact) mass is 335 g/mol. The van der Waals surface area contributed by atoms with Crippen LogP contribution in [0.3, 0.4) is 0 Å². The minimum Gasteiger partial charge on any atom is -0.374 e. The van der Waals surface area contributed by atoms with Crippen LogP contribution >= 0.6 is 0 Å². The lowest BCUT2D eigenvalue weighted by atomic mass is 10.1. The van der Waals surface area contributed by atoms with Crippen molar-refractivity contribution in [3.8, 4) is 0 Å². The number of carbonyl (C=O) groups is 2. The van der Waals surface area contributed by atoms with Crippen molar-refractivity contribution in [2.45, 2.75) is 47.8 Å². The molecule has 0 aliphatic carbocycles. The van der Waals surface area contributed by atoms with Gasteiger partial charge in [-0.1, -0.05) is 41.5 Å². The summed E-state index contributed by atoms with van der Waals surface area (Å²) in [4.78, 5) is 23.9. The Hall–Kier alpha value is -2.08. The molecule has 6 nitrogen and oxygen atoms in total. The Morgan fingerprint density at radius 3 is 1.50 bits per heavy atom. The molecule has 24 heavy (non-hydrogen) atoms. The Labute approximate surface area is 144 Å². The van der Waals surface area contributed by atoms with Crippen molar-refractivity contribution in [1.82, 2.24) is 0 Å². The van der Waals surface area contributed by atoms with E-state index < -0.39 is 6.23 Å². The molecule has 0 spiro atoms. The van der Waals surface area contributed by atoms with Gasteiger partial charge in [0.2, 0.25) is 11.8 Å². The van der Waals surface area contributed by atoms with Gasteiger partial charge < -0.3 is 21.1 Å². The minimum absolute atomic E-state index is 0.0209. The fraction of sp³-hybridized carbons (Fsp3) is 0.556. The van der Waals surface area contributed by atoms with E-state index in [0.717, 1.165) is 0 Å². The second-order valence-corrected chi connectivity index (χ2v) is 6.92. The van der Waals surface area contributed by atoms with Crippen LogP contribution < -0.4 is 16.0 Å². The zero-order valence-corrected chi connectivity index (χ0v) is 15.3. The summed E-state index contributed by atoms with van der Waals surface area (Å²) >= 11 is 0. The molecular weight excluding hydrogens is 306 g/mol. The van der Waals surface area contributed by atoms with Crippen molar-refractivity contribution < 1.29 is 14.7 Å². The van der Waals surface area contributed by atoms with Gasteiger partial charge in [0, 0.05) is 28.9 Å². The minimum atomic E-state index is -0.727. The van der Waals surface area contributed by atoms with E-state index in [1.165, 1.54) is 0 Å². The smallest absolute Gasteiger partial charge is 0.226 e. The van der Waals surface area contributed by atoms with E-state index in [4.69, 9.17) is 0 Å². The second kappa shape index (κ2) is 8.68. The number of rotatable bonds is 7. The molecule has 1 aromatic carbocycles. The largest absolute Gasteiger partial charge is 0.374 e. The van der Waals surface area contributed by atoms with Gasteiger partial charge in [0.25, 0.3) is 0 Å². The quantitative estimate of drug-likeness (QED) is 0.576. The molecule has 0 fully saturated rings. The first-order chi connectivity index (χ1) is 11.1. The highest BCUT2D eigenvalue weighted by Crippen LogP contribution is 2.25. The Bertz CT molecular complexity index is 543. The van der Waals surface area contributed by atoms with Crippen molar-refractivity contribution in [3.05, 3.63) is 18.2 Å². The number of benzene rings is 1. The zero-order chi connectivity index (χ0) is 18.4. The van der Waals surface area contributed by atoms with Crippen molar-refractivity contribution in [2.75, 3.05) is 16.0 Å². The molecule has 1 aromatic rings. The van der Waals surface area contributed by atoms with E-state index in [1.54, 1.807) is 45.9 Å². The Morgan fingerprint density at radius 1 is 0.792 bits per heavy atom. The first-order valence-electron chi connectivity index (χ1n) is 8.31. The molecule has 1 unspecified atom stereocenters. The fourth-order valence-corrected chi connectivity index (χ4v) is 1.77. The average molecular weight is 335 g/mol. The van der Waals surface area contributed by atoms with Crippen molar-refractivity contribution in [3.63, 3.8) is 0 Å². The van der Waals surface area contributed by atoms with E-state index in [2.05, 4.69) is 16.0 Å². The maximum atomic E-state index is 11.9. The van der Waals surface area contributed by atoms with Gasteiger partial charge in [-0.15, -0.1) is 0 Å². The van der Waals surface area contributed by atoms with Crippen LogP contribution in [0.2, 0.25) is 0 Å². The number of hydrogen-bond donors (Lipinski definition) is 4. The fourth-order valence-electron chi connectivity index (χ4n) is 1.77. The van der Waals surface area contributed by atoms with Crippen LogP contribution in [0.4, 0.5) is 17.1 Å². The van der Waals surface area contributed by atoms with E-state index in [9.17, 15) is 14.7 Å². The molecule has 0 saturated carbocycles. The molecule has 4 N–H and O–H groups in total. The van der Waals surface area contributed by atoms with E-state index in [1.807, 2.05) is 13.8 Å². The van der Waals surface area contributed by atoms with Crippen molar-refractivity contribution in [1.29, 1.82) is 0 Å². The first kappa shape index (κ1) is 20.0. The Balaban J connectivity index is 3.08. The number of nitrogens with one attached hydrogen (secondary N) is 3. The normalized spacial score (nSPS) is 12.4. The van der Waals surface area contributed by atoms with Gasteiger partial charge in [-0.05, 0) is 24.1 Å². The lowest BCUT2D eigenvalue weighted by Gasteiger charge is -2.20. The SMILES string of the molecule is CC(C)C(=O)Nc1cc(NC(=O)C(C)C)cc(NC(O)C(C)C)c1. The van der Waals surface area contributed by atoms with Gasteiger partial charge in [-0.3, -0.25) is 9.59 Å². The molecule has 2 amide bonds. The zero-order valence-electron chi connectivity index (χ0n) is 15.3. The number of aliphatic hydroxyl groups excluding tert-OH is 1. The number of amides is 2. The summed E-state index contributed by atoms with van der Waals surface area (Å²) in [5.41, 5.74) is 1.75. The van der Waals surface area contributed by atoms with Gasteiger partial charge in [0.1, 0.15) is 6.23 Å². The molecule has 0 bridgehead atoms. The number of anilines is 3. The van der Waals surface area contributed by atoms with Crippen LogP contribution in [0.5, 0.6) is 0 Å². The summed E-state index contributed by atoms with van der Waals surface area (Å²) < 4.78 is 0. The maximum absolute atomic E-state index is 11.9. The summed E-state index contributed by atoms with van der Waals surface area (Å²) in [7, 11) is 0. The van der Waals surface area contributed by atoms with Crippen LogP contribution in [0.25, 0.3) is 0 Å². The molecular formula is C18H29N3O3. The van der Waals surface area contributed by atoms with E-state index in [-0.39, 0.29) is 29.6 Å². The van der Waals surface area contributed by atoms with Gasteiger partial charge in [0.05, 0.1) is 0 Å². The van der Waals surface area contributed by atoms with Gasteiger partial charge in [-0.2, -0.15) is 0 Å². The van der Waals surface area contributed by atoms with E-state index >= 15 is 0 Å². The van der Waals surface area contributed by atoms with Gasteiger partial charge in [-0.25, -0.2) is 0 Å². The molecule has 0 heterocycles. The third kappa shape index (κ3) is 6.20. The lowest BCUT2D eigenvalue weighted by Crippen LogP contribution is -2.25. The lowest BCUT2D eigenvalue weighted by molar-refractivity contribution is -0.119. The second-order valence-electron chi connectivity index (χ2n) is 6.92. The molecule has 1 atom stereocenters. The molecule has 0 aliphatic heterocycles. The van der Waals surface area contributed by atoms with Gasteiger partial charge in [0.15, 0.2) is 0 Å². The number of carbonyl (C=O) groups excluding carboxylic acids is 2. The van der Waals surface area contributed by atoms with Crippen LogP contribution in [0.1, 0.15) is 41.5 Å². The summed E-state index contributed by atoms with van der Waals surface area (Å²) in [5.74, 6) is -0.517. The highest BCUT2D eigenvalue weighted by molar-refractivity contribution is 5.96. The standard InChI is InChI=1S/C18H29N3O3/c1-10(2)16(22)19-13-7-14(20-17(23)11(3)4)9-15(8-13)21-18(24)12(5)6/h7-12,16,19,22H,1-6H3,(H,20,23)(H,21,24).